The maximum absolute atomic E-state index is 5.97. The van der Waals surface area contributed by atoms with Crippen molar-refractivity contribution < 1.29 is 4.74 Å². The number of aromatic nitrogens is 2. The van der Waals surface area contributed by atoms with E-state index in [1.807, 2.05) is 0 Å². The molecule has 70 valence electrons. The van der Waals surface area contributed by atoms with Crippen LogP contribution in [0.5, 0.6) is 0 Å². The lowest BCUT2D eigenvalue weighted by Gasteiger charge is -2.17. The largest absolute Gasteiger partial charge is 0.501 e. The predicted octanol–water partition coefficient (Wildman–Crippen LogP) is 1.23. The van der Waals surface area contributed by atoms with E-state index in [1.165, 1.54) is 11.7 Å². The summed E-state index contributed by atoms with van der Waals surface area (Å²) < 4.78 is 13.2. The van der Waals surface area contributed by atoms with E-state index in [-0.39, 0.29) is 6.04 Å². The zero-order valence-electron chi connectivity index (χ0n) is 7.14. The topological polar surface area (TPSA) is 61.0 Å². The third-order valence-corrected chi connectivity index (χ3v) is 2.55. The van der Waals surface area contributed by atoms with Gasteiger partial charge in [-0.2, -0.15) is 8.75 Å². The third-order valence-electron chi connectivity index (χ3n) is 2.06. The lowest BCUT2D eigenvalue weighted by atomic mass is 10.0. The van der Waals surface area contributed by atoms with Crippen LogP contribution >= 0.6 is 11.7 Å². The SMILES string of the molecule is NC(C1=COCCC1)c1cnsn1. The van der Waals surface area contributed by atoms with Gasteiger partial charge in [-0.3, -0.25) is 0 Å². The summed E-state index contributed by atoms with van der Waals surface area (Å²) >= 11 is 1.18. The van der Waals surface area contributed by atoms with Crippen molar-refractivity contribution >= 4 is 11.7 Å². The molecule has 0 radical (unpaired) electrons. The van der Waals surface area contributed by atoms with Gasteiger partial charge in [0, 0.05) is 0 Å². The molecule has 2 heterocycles. The van der Waals surface area contributed by atoms with Crippen LogP contribution in [0, 0.1) is 0 Å². The lowest BCUT2D eigenvalue weighted by Crippen LogP contribution is -2.16. The fraction of sp³-hybridized carbons (Fsp3) is 0.500. The molecule has 0 amide bonds. The van der Waals surface area contributed by atoms with Crippen LogP contribution in [0.2, 0.25) is 0 Å². The first kappa shape index (κ1) is 8.65. The minimum atomic E-state index is -0.140. The molecule has 1 atom stereocenters. The highest BCUT2D eigenvalue weighted by atomic mass is 32.1. The monoisotopic (exact) mass is 197 g/mol. The first-order valence-corrected chi connectivity index (χ1v) is 4.94. The summed E-state index contributed by atoms with van der Waals surface area (Å²) in [5.41, 5.74) is 7.92. The van der Waals surface area contributed by atoms with E-state index in [0.717, 1.165) is 30.7 Å². The molecule has 2 N–H and O–H groups in total. The number of nitrogens with zero attached hydrogens (tertiary/aromatic N) is 2. The van der Waals surface area contributed by atoms with Crippen molar-refractivity contribution in [2.24, 2.45) is 5.73 Å². The molecule has 0 bridgehead atoms. The van der Waals surface area contributed by atoms with Crippen LogP contribution in [0.1, 0.15) is 24.6 Å². The van der Waals surface area contributed by atoms with E-state index in [9.17, 15) is 0 Å². The van der Waals surface area contributed by atoms with Gasteiger partial charge in [0.05, 0.1) is 42.5 Å². The highest BCUT2D eigenvalue weighted by Crippen LogP contribution is 2.24. The Labute approximate surface area is 80.7 Å². The van der Waals surface area contributed by atoms with Crippen LogP contribution in [0.3, 0.4) is 0 Å². The highest BCUT2D eigenvalue weighted by Gasteiger charge is 2.16. The Balaban J connectivity index is 2.12. The van der Waals surface area contributed by atoms with Crippen LogP contribution in [0.4, 0.5) is 0 Å². The van der Waals surface area contributed by atoms with Crippen molar-refractivity contribution in [1.29, 1.82) is 0 Å². The molecular formula is C8H11N3OS. The standard InChI is InChI=1S/C8H11N3OS/c9-8(7-4-10-13-11-7)6-2-1-3-12-5-6/h4-5,8H,1-3,9H2. The van der Waals surface area contributed by atoms with E-state index < -0.39 is 0 Å². The van der Waals surface area contributed by atoms with Crippen molar-refractivity contribution in [3.05, 3.63) is 23.7 Å². The molecule has 0 spiro atoms. The summed E-state index contributed by atoms with van der Waals surface area (Å²) in [4.78, 5) is 0. The molecule has 2 rings (SSSR count). The first-order valence-electron chi connectivity index (χ1n) is 4.21. The van der Waals surface area contributed by atoms with Crippen molar-refractivity contribution in [3.63, 3.8) is 0 Å². The van der Waals surface area contributed by atoms with Crippen molar-refractivity contribution in [1.82, 2.24) is 8.75 Å². The van der Waals surface area contributed by atoms with Crippen LogP contribution in [0.25, 0.3) is 0 Å². The van der Waals surface area contributed by atoms with Gasteiger partial charge in [-0.25, -0.2) is 0 Å². The van der Waals surface area contributed by atoms with Gasteiger partial charge in [-0.05, 0) is 18.4 Å². The first-order chi connectivity index (χ1) is 6.38. The van der Waals surface area contributed by atoms with Crippen LogP contribution in [-0.4, -0.2) is 15.4 Å². The van der Waals surface area contributed by atoms with E-state index in [0.29, 0.717) is 0 Å². The molecule has 0 fully saturated rings. The van der Waals surface area contributed by atoms with E-state index in [4.69, 9.17) is 10.5 Å². The molecule has 1 aliphatic heterocycles. The van der Waals surface area contributed by atoms with Gasteiger partial charge in [0.1, 0.15) is 0 Å². The van der Waals surface area contributed by atoms with Gasteiger partial charge in [0.15, 0.2) is 0 Å². The summed E-state index contributed by atoms with van der Waals surface area (Å²) in [6.07, 6.45) is 5.51. The normalized spacial score (nSPS) is 19.0. The Morgan fingerprint density at radius 2 is 2.54 bits per heavy atom. The van der Waals surface area contributed by atoms with Crippen molar-refractivity contribution in [2.75, 3.05) is 6.61 Å². The Hall–Kier alpha value is -0.940. The van der Waals surface area contributed by atoms with Crippen molar-refractivity contribution in [3.8, 4) is 0 Å². The maximum Gasteiger partial charge on any atom is 0.0953 e. The lowest BCUT2D eigenvalue weighted by molar-refractivity contribution is 0.221. The zero-order valence-corrected chi connectivity index (χ0v) is 7.96. The molecule has 0 aromatic carbocycles. The molecule has 5 heteroatoms. The van der Waals surface area contributed by atoms with Crippen LogP contribution in [0.15, 0.2) is 18.0 Å². The molecule has 0 saturated carbocycles. The summed E-state index contributed by atoms with van der Waals surface area (Å²) in [5.74, 6) is 0. The fourth-order valence-corrected chi connectivity index (χ4v) is 1.77. The minimum Gasteiger partial charge on any atom is -0.501 e. The second-order valence-electron chi connectivity index (χ2n) is 2.98. The molecule has 0 saturated heterocycles. The second-order valence-corrected chi connectivity index (χ2v) is 3.53. The number of rotatable bonds is 2. The quantitative estimate of drug-likeness (QED) is 0.774. The third kappa shape index (κ3) is 1.87. The van der Waals surface area contributed by atoms with Crippen LogP contribution < -0.4 is 5.73 Å². The van der Waals surface area contributed by atoms with Gasteiger partial charge >= 0.3 is 0 Å². The Morgan fingerprint density at radius 1 is 1.62 bits per heavy atom. The highest BCUT2D eigenvalue weighted by molar-refractivity contribution is 6.99. The number of hydrogen-bond donors (Lipinski definition) is 1. The molecule has 0 aliphatic carbocycles. The average Bonchev–Trinajstić information content (AvgIpc) is 2.71. The Morgan fingerprint density at radius 3 is 3.15 bits per heavy atom. The second kappa shape index (κ2) is 3.85. The predicted molar refractivity (Wildman–Crippen MR) is 50.1 cm³/mol. The molecular weight excluding hydrogens is 186 g/mol. The van der Waals surface area contributed by atoms with Gasteiger partial charge in [-0.1, -0.05) is 0 Å². The summed E-state index contributed by atoms with van der Waals surface area (Å²) in [5, 5.41) is 0. The van der Waals surface area contributed by atoms with Gasteiger partial charge < -0.3 is 10.5 Å². The van der Waals surface area contributed by atoms with E-state index in [2.05, 4.69) is 8.75 Å². The van der Waals surface area contributed by atoms with Gasteiger partial charge in [0.2, 0.25) is 0 Å². The molecule has 4 nitrogen and oxygen atoms in total. The fourth-order valence-electron chi connectivity index (χ4n) is 1.31. The average molecular weight is 197 g/mol. The molecule has 13 heavy (non-hydrogen) atoms. The van der Waals surface area contributed by atoms with Gasteiger partial charge in [-0.15, -0.1) is 0 Å². The van der Waals surface area contributed by atoms with E-state index in [1.54, 1.807) is 12.5 Å². The number of nitrogens with two attached hydrogens (primary N) is 1. The van der Waals surface area contributed by atoms with E-state index >= 15 is 0 Å². The van der Waals surface area contributed by atoms with Crippen molar-refractivity contribution in [2.45, 2.75) is 18.9 Å². The number of ether oxygens (including phenoxy) is 1. The minimum absolute atomic E-state index is 0.140. The zero-order chi connectivity index (χ0) is 9.10. The Kier molecular flexibility index (Phi) is 2.56. The van der Waals surface area contributed by atoms with Gasteiger partial charge in [0.25, 0.3) is 0 Å². The Bertz CT molecular complexity index is 296. The summed E-state index contributed by atoms with van der Waals surface area (Å²) in [6.45, 7) is 0.797. The van der Waals surface area contributed by atoms with Crippen LogP contribution in [-0.2, 0) is 4.74 Å². The smallest absolute Gasteiger partial charge is 0.0953 e. The maximum atomic E-state index is 5.97. The number of hydrogen-bond acceptors (Lipinski definition) is 5. The molecule has 1 aromatic heterocycles. The summed E-state index contributed by atoms with van der Waals surface area (Å²) in [6, 6.07) is -0.140. The molecule has 1 aliphatic rings. The molecule has 1 aromatic rings. The molecule has 1 unspecified atom stereocenters. The summed E-state index contributed by atoms with van der Waals surface area (Å²) in [7, 11) is 0.